The second-order valence-corrected chi connectivity index (χ2v) is 7.53. The molecule has 0 aromatic carbocycles. The highest BCUT2D eigenvalue weighted by Crippen LogP contribution is 2.15. The zero-order chi connectivity index (χ0) is 21.4. The van der Waals surface area contributed by atoms with E-state index in [1.54, 1.807) is 6.08 Å². The van der Waals surface area contributed by atoms with E-state index >= 15 is 0 Å². The lowest BCUT2D eigenvalue weighted by atomic mass is 9.89. The minimum Gasteiger partial charge on any atom is -0.480 e. The molecule has 0 saturated heterocycles. The molecule has 0 heterocycles. The van der Waals surface area contributed by atoms with Crippen molar-refractivity contribution in [2.24, 2.45) is 5.73 Å². The number of aliphatic hydroxyl groups is 3. The molecular formula is C21H39NO6. The summed E-state index contributed by atoms with van der Waals surface area (Å²) in [5, 5.41) is 37.8. The average molecular weight is 402 g/mol. The first-order chi connectivity index (χ1) is 13.3. The maximum absolute atomic E-state index is 11.7. The monoisotopic (exact) mass is 401 g/mol. The van der Waals surface area contributed by atoms with Gasteiger partial charge in [-0.3, -0.25) is 9.59 Å². The Labute approximate surface area is 168 Å². The van der Waals surface area contributed by atoms with Gasteiger partial charge >= 0.3 is 5.97 Å². The number of carboxylic acid groups (broad SMARTS) is 1. The van der Waals surface area contributed by atoms with Crippen LogP contribution in [0.25, 0.3) is 0 Å². The zero-order valence-electron chi connectivity index (χ0n) is 17.2. The van der Waals surface area contributed by atoms with Gasteiger partial charge in [-0.15, -0.1) is 0 Å². The molecule has 0 aliphatic rings. The Bertz CT molecular complexity index is 468. The number of aliphatic hydroxyl groups excluding tert-OH is 3. The number of Topliss-reactive ketones (excluding diaryl/α,β-unsaturated/α-hetero) is 1. The lowest BCUT2D eigenvalue weighted by molar-refractivity contribution is -0.155. The predicted octanol–water partition coefficient (Wildman–Crippen LogP) is 2.31. The molecule has 164 valence electrons. The first-order valence-electron chi connectivity index (χ1n) is 10.5. The van der Waals surface area contributed by atoms with Crippen LogP contribution < -0.4 is 5.73 Å². The molecule has 0 aliphatic heterocycles. The van der Waals surface area contributed by atoms with E-state index in [4.69, 9.17) is 15.9 Å². The predicted molar refractivity (Wildman–Crippen MR) is 109 cm³/mol. The Kier molecular flexibility index (Phi) is 14.9. The maximum atomic E-state index is 11.7. The summed E-state index contributed by atoms with van der Waals surface area (Å²) < 4.78 is 0. The van der Waals surface area contributed by atoms with Crippen LogP contribution in [0.4, 0.5) is 0 Å². The van der Waals surface area contributed by atoms with Gasteiger partial charge in [-0.2, -0.15) is 0 Å². The van der Waals surface area contributed by atoms with Crippen molar-refractivity contribution in [3.8, 4) is 0 Å². The second-order valence-electron chi connectivity index (χ2n) is 7.53. The first kappa shape index (κ1) is 26.7. The van der Waals surface area contributed by atoms with E-state index in [0.29, 0.717) is 18.6 Å². The Balaban J connectivity index is 3.80. The Morgan fingerprint density at radius 2 is 1.54 bits per heavy atom. The zero-order valence-corrected chi connectivity index (χ0v) is 17.2. The Morgan fingerprint density at radius 1 is 0.964 bits per heavy atom. The highest BCUT2D eigenvalue weighted by Gasteiger charge is 2.44. The van der Waals surface area contributed by atoms with E-state index in [0.717, 1.165) is 44.9 Å². The molecule has 0 aromatic rings. The van der Waals surface area contributed by atoms with Crippen LogP contribution >= 0.6 is 0 Å². The number of unbranched alkanes of at least 4 members (excludes halogenated alkanes) is 7. The summed E-state index contributed by atoms with van der Waals surface area (Å²) >= 11 is 0. The SMILES string of the molecule is CCCCCCC(=O)CCCCCCC=CC[C@@H](O)[C@@H](O)[C@@](N)(CO)C(=O)O. The number of carboxylic acids is 1. The largest absolute Gasteiger partial charge is 0.480 e. The molecule has 0 amide bonds. The average Bonchev–Trinajstić information content (AvgIpc) is 2.68. The second kappa shape index (κ2) is 15.6. The molecule has 7 nitrogen and oxygen atoms in total. The van der Waals surface area contributed by atoms with Crippen LogP contribution in [-0.4, -0.2) is 56.5 Å². The lowest BCUT2D eigenvalue weighted by Crippen LogP contribution is -2.63. The molecule has 0 radical (unpaired) electrons. The van der Waals surface area contributed by atoms with Crippen LogP contribution in [0.2, 0.25) is 0 Å². The molecule has 7 heteroatoms. The molecule has 3 atom stereocenters. The molecule has 0 aromatic heterocycles. The number of carbonyl (C=O) groups is 2. The first-order valence-corrected chi connectivity index (χ1v) is 10.5. The summed E-state index contributed by atoms with van der Waals surface area (Å²) in [4.78, 5) is 22.7. The fourth-order valence-electron chi connectivity index (χ4n) is 2.93. The van der Waals surface area contributed by atoms with Crippen molar-refractivity contribution in [2.75, 3.05) is 6.61 Å². The number of carbonyl (C=O) groups excluding carboxylic acids is 1. The molecule has 0 bridgehead atoms. The number of hydrogen-bond donors (Lipinski definition) is 5. The number of allylic oxidation sites excluding steroid dienone is 1. The minimum absolute atomic E-state index is 0.0555. The lowest BCUT2D eigenvalue weighted by Gasteiger charge is -2.30. The molecular weight excluding hydrogens is 362 g/mol. The molecule has 0 saturated carbocycles. The number of aliphatic carboxylic acids is 1. The standard InChI is InChI=1S/C21H39NO6/c1-2-3-4-10-13-17(24)14-11-8-6-5-7-9-12-15-18(25)19(26)21(22,16-23)20(27)28/h9,12,18-19,23,25-26H,2-8,10-11,13-16,22H2,1H3,(H,27,28)/t18-,19-,21+/m1/s1. The topological polar surface area (TPSA) is 141 Å². The fraction of sp³-hybridized carbons (Fsp3) is 0.810. The fourth-order valence-corrected chi connectivity index (χ4v) is 2.93. The normalized spacial score (nSPS) is 16.0. The number of rotatable bonds is 18. The van der Waals surface area contributed by atoms with Crippen LogP contribution in [0.3, 0.4) is 0 Å². The van der Waals surface area contributed by atoms with Gasteiger partial charge in [-0.1, -0.05) is 51.2 Å². The summed E-state index contributed by atoms with van der Waals surface area (Å²) in [5.74, 6) is -1.20. The van der Waals surface area contributed by atoms with Crippen LogP contribution in [-0.2, 0) is 9.59 Å². The van der Waals surface area contributed by atoms with E-state index in [1.165, 1.54) is 12.8 Å². The van der Waals surface area contributed by atoms with Gasteiger partial charge < -0.3 is 26.2 Å². The van der Waals surface area contributed by atoms with Crippen molar-refractivity contribution < 1.29 is 30.0 Å². The Hall–Kier alpha value is -1.28. The van der Waals surface area contributed by atoms with Gasteiger partial charge in [-0.25, -0.2) is 0 Å². The van der Waals surface area contributed by atoms with Crippen molar-refractivity contribution in [3.05, 3.63) is 12.2 Å². The van der Waals surface area contributed by atoms with E-state index in [1.807, 2.05) is 6.08 Å². The smallest absolute Gasteiger partial charge is 0.328 e. The van der Waals surface area contributed by atoms with Crippen LogP contribution in [0.1, 0.15) is 84.0 Å². The number of hydrogen-bond acceptors (Lipinski definition) is 6. The molecule has 0 unspecified atom stereocenters. The van der Waals surface area contributed by atoms with Gasteiger partial charge in [0.15, 0.2) is 5.54 Å². The van der Waals surface area contributed by atoms with E-state index in [2.05, 4.69) is 6.92 Å². The van der Waals surface area contributed by atoms with Crippen molar-refractivity contribution >= 4 is 11.8 Å². The summed E-state index contributed by atoms with van der Waals surface area (Å²) in [6.07, 6.45) is 11.1. The quantitative estimate of drug-likeness (QED) is 0.175. The molecule has 0 aliphatic carbocycles. The highest BCUT2D eigenvalue weighted by atomic mass is 16.4. The number of ketones is 1. The molecule has 0 rings (SSSR count). The maximum Gasteiger partial charge on any atom is 0.328 e. The van der Waals surface area contributed by atoms with Crippen molar-refractivity contribution in [1.82, 2.24) is 0 Å². The van der Waals surface area contributed by atoms with Gasteiger partial charge in [0.1, 0.15) is 11.9 Å². The van der Waals surface area contributed by atoms with E-state index < -0.39 is 30.3 Å². The third-order valence-corrected chi connectivity index (χ3v) is 4.98. The minimum atomic E-state index is -2.28. The van der Waals surface area contributed by atoms with E-state index in [-0.39, 0.29) is 6.42 Å². The highest BCUT2D eigenvalue weighted by molar-refractivity contribution is 5.79. The third kappa shape index (κ3) is 10.9. The molecule has 0 fully saturated rings. The van der Waals surface area contributed by atoms with Gasteiger partial charge in [0, 0.05) is 12.8 Å². The van der Waals surface area contributed by atoms with Crippen LogP contribution in [0.5, 0.6) is 0 Å². The van der Waals surface area contributed by atoms with Crippen LogP contribution in [0, 0.1) is 0 Å². The molecule has 0 spiro atoms. The summed E-state index contributed by atoms with van der Waals surface area (Å²) in [6, 6.07) is 0. The van der Waals surface area contributed by atoms with E-state index in [9.17, 15) is 19.8 Å². The van der Waals surface area contributed by atoms with Crippen molar-refractivity contribution in [2.45, 2.75) is 102 Å². The van der Waals surface area contributed by atoms with Gasteiger partial charge in [0.25, 0.3) is 0 Å². The molecule has 28 heavy (non-hydrogen) atoms. The Morgan fingerprint density at radius 3 is 2.07 bits per heavy atom. The van der Waals surface area contributed by atoms with Gasteiger partial charge in [-0.05, 0) is 32.1 Å². The van der Waals surface area contributed by atoms with Gasteiger partial charge in [0.05, 0.1) is 12.7 Å². The summed E-state index contributed by atoms with van der Waals surface area (Å²) in [6.45, 7) is 1.19. The number of nitrogens with two attached hydrogens (primary N) is 1. The van der Waals surface area contributed by atoms with Crippen molar-refractivity contribution in [3.63, 3.8) is 0 Å². The summed E-state index contributed by atoms with van der Waals surface area (Å²) in [7, 11) is 0. The van der Waals surface area contributed by atoms with Gasteiger partial charge in [0.2, 0.25) is 0 Å². The summed E-state index contributed by atoms with van der Waals surface area (Å²) in [5.41, 5.74) is 3.16. The van der Waals surface area contributed by atoms with Crippen LogP contribution in [0.15, 0.2) is 12.2 Å². The molecule has 6 N–H and O–H groups in total. The third-order valence-electron chi connectivity index (χ3n) is 4.98. The van der Waals surface area contributed by atoms with Crippen molar-refractivity contribution in [1.29, 1.82) is 0 Å².